The second-order valence-electron chi connectivity index (χ2n) is 8.65. The molecule has 2 aliphatic rings. The Morgan fingerprint density at radius 2 is 1.82 bits per heavy atom. The minimum absolute atomic E-state index is 0.0242. The van der Waals surface area contributed by atoms with Crippen LogP contribution in [0.2, 0.25) is 5.02 Å². The number of alkyl halides is 3. The molecule has 0 radical (unpaired) electrons. The van der Waals surface area contributed by atoms with Gasteiger partial charge in [-0.3, -0.25) is 9.69 Å². The molecule has 3 heterocycles. The molecule has 2 N–H and O–H groups in total. The zero-order chi connectivity index (χ0) is 23.2. The van der Waals surface area contributed by atoms with Crippen LogP contribution in [0.4, 0.5) is 24.5 Å². The highest BCUT2D eigenvalue weighted by atomic mass is 35.5. The fourth-order valence-electron chi connectivity index (χ4n) is 4.75. The lowest BCUT2D eigenvalue weighted by Crippen LogP contribution is -2.46. The van der Waals surface area contributed by atoms with Crippen LogP contribution in [0.25, 0.3) is 10.9 Å². The summed E-state index contributed by atoms with van der Waals surface area (Å²) in [6.45, 7) is 4.48. The molecule has 1 fully saturated rings. The SMILES string of the molecule is O=c1[nH]c2cc(CN3CCN(c4ccc(C(F)(F)F)cc4Cl)CC3)ccc2c2c1CCCN2. The van der Waals surface area contributed by atoms with E-state index in [4.69, 9.17) is 11.6 Å². The number of nitrogens with one attached hydrogen (secondary N) is 2. The van der Waals surface area contributed by atoms with Crippen LogP contribution in [-0.2, 0) is 19.1 Å². The Hall–Kier alpha value is -2.71. The number of fused-ring (bicyclic) bond motifs is 3. The van der Waals surface area contributed by atoms with Crippen molar-refractivity contribution >= 4 is 33.9 Å². The number of aromatic amines is 1. The van der Waals surface area contributed by atoms with Crippen molar-refractivity contribution < 1.29 is 13.2 Å². The first-order chi connectivity index (χ1) is 15.8. The molecule has 0 bridgehead atoms. The summed E-state index contributed by atoms with van der Waals surface area (Å²) in [5, 5.41) is 4.53. The van der Waals surface area contributed by atoms with E-state index in [-0.39, 0.29) is 10.6 Å². The number of rotatable bonds is 3. The second-order valence-corrected chi connectivity index (χ2v) is 9.05. The minimum Gasteiger partial charge on any atom is -0.384 e. The first-order valence-electron chi connectivity index (χ1n) is 11.1. The van der Waals surface area contributed by atoms with Gasteiger partial charge >= 0.3 is 6.18 Å². The topological polar surface area (TPSA) is 51.4 Å². The van der Waals surface area contributed by atoms with E-state index in [2.05, 4.69) is 27.3 Å². The van der Waals surface area contributed by atoms with E-state index in [1.165, 1.54) is 6.07 Å². The summed E-state index contributed by atoms with van der Waals surface area (Å²) in [4.78, 5) is 19.8. The molecule has 0 amide bonds. The Kier molecular flexibility index (Phi) is 5.74. The Balaban J connectivity index is 1.27. The van der Waals surface area contributed by atoms with E-state index in [0.29, 0.717) is 18.8 Å². The molecule has 0 saturated carbocycles. The molecular weight excluding hydrogens is 453 g/mol. The summed E-state index contributed by atoms with van der Waals surface area (Å²) in [5.74, 6) is 0. The molecule has 174 valence electrons. The van der Waals surface area contributed by atoms with Gasteiger partial charge in [-0.25, -0.2) is 0 Å². The van der Waals surface area contributed by atoms with E-state index in [9.17, 15) is 18.0 Å². The van der Waals surface area contributed by atoms with E-state index in [0.717, 1.165) is 78.9 Å². The van der Waals surface area contributed by atoms with Crippen LogP contribution in [-0.4, -0.2) is 42.6 Å². The van der Waals surface area contributed by atoms with Crippen molar-refractivity contribution in [3.63, 3.8) is 0 Å². The normalized spacial score (nSPS) is 17.2. The van der Waals surface area contributed by atoms with Gasteiger partial charge in [0.15, 0.2) is 0 Å². The van der Waals surface area contributed by atoms with Crippen molar-refractivity contribution in [2.75, 3.05) is 42.9 Å². The number of hydrogen-bond acceptors (Lipinski definition) is 4. The van der Waals surface area contributed by atoms with Crippen molar-refractivity contribution in [1.82, 2.24) is 9.88 Å². The van der Waals surface area contributed by atoms with Crippen molar-refractivity contribution in [2.45, 2.75) is 25.6 Å². The van der Waals surface area contributed by atoms with E-state index < -0.39 is 11.7 Å². The van der Waals surface area contributed by atoms with Gasteiger partial charge in [0.05, 0.1) is 27.5 Å². The van der Waals surface area contributed by atoms with E-state index >= 15 is 0 Å². The lowest BCUT2D eigenvalue weighted by molar-refractivity contribution is -0.137. The van der Waals surface area contributed by atoms with Crippen LogP contribution in [0.1, 0.15) is 23.1 Å². The third kappa shape index (κ3) is 4.42. The third-order valence-electron chi connectivity index (χ3n) is 6.48. The molecule has 5 rings (SSSR count). The number of aromatic nitrogens is 1. The number of H-pyrrole nitrogens is 1. The molecule has 1 saturated heterocycles. The molecule has 5 nitrogen and oxygen atoms in total. The van der Waals surface area contributed by atoms with Crippen molar-refractivity contribution in [1.29, 1.82) is 0 Å². The fourth-order valence-corrected chi connectivity index (χ4v) is 5.05. The van der Waals surface area contributed by atoms with Gasteiger partial charge in [0.2, 0.25) is 0 Å². The number of benzene rings is 2. The third-order valence-corrected chi connectivity index (χ3v) is 6.78. The summed E-state index contributed by atoms with van der Waals surface area (Å²) < 4.78 is 38.7. The Morgan fingerprint density at radius 3 is 2.55 bits per heavy atom. The lowest BCUT2D eigenvalue weighted by atomic mass is 10.0. The molecule has 1 aromatic heterocycles. The number of pyridine rings is 1. The van der Waals surface area contributed by atoms with E-state index in [1.807, 2.05) is 11.0 Å². The van der Waals surface area contributed by atoms with Crippen molar-refractivity contribution in [2.24, 2.45) is 0 Å². The molecule has 33 heavy (non-hydrogen) atoms. The van der Waals surface area contributed by atoms with Gasteiger partial charge in [0.25, 0.3) is 5.56 Å². The first-order valence-corrected chi connectivity index (χ1v) is 11.4. The molecule has 0 spiro atoms. The summed E-state index contributed by atoms with van der Waals surface area (Å²) in [5.41, 5.74) is 3.60. The highest BCUT2D eigenvalue weighted by Gasteiger charge is 2.31. The molecule has 2 aliphatic heterocycles. The number of nitrogens with zero attached hydrogens (tertiary/aromatic N) is 2. The number of piperazine rings is 1. The van der Waals surface area contributed by atoms with Gasteiger partial charge in [-0.2, -0.15) is 13.2 Å². The van der Waals surface area contributed by atoms with Gasteiger partial charge in [-0.1, -0.05) is 23.7 Å². The van der Waals surface area contributed by atoms with Crippen LogP contribution < -0.4 is 15.8 Å². The Bertz CT molecular complexity index is 1250. The van der Waals surface area contributed by atoms with Crippen LogP contribution in [0, 0.1) is 0 Å². The summed E-state index contributed by atoms with van der Waals surface area (Å²) in [7, 11) is 0. The monoisotopic (exact) mass is 476 g/mol. The zero-order valence-corrected chi connectivity index (χ0v) is 18.7. The number of anilines is 2. The maximum absolute atomic E-state index is 12.9. The maximum atomic E-state index is 12.9. The highest BCUT2D eigenvalue weighted by molar-refractivity contribution is 6.33. The average molecular weight is 477 g/mol. The van der Waals surface area contributed by atoms with Gasteiger partial charge in [-0.05, 0) is 42.7 Å². The Labute approximate surface area is 194 Å². The first kappa shape index (κ1) is 22.1. The number of halogens is 4. The molecule has 0 atom stereocenters. The lowest BCUT2D eigenvalue weighted by Gasteiger charge is -2.36. The molecule has 9 heteroatoms. The van der Waals surface area contributed by atoms with E-state index in [1.54, 1.807) is 0 Å². The second kappa shape index (κ2) is 8.57. The van der Waals surface area contributed by atoms with Crippen LogP contribution in [0.5, 0.6) is 0 Å². The molecule has 0 unspecified atom stereocenters. The number of hydrogen-bond donors (Lipinski definition) is 2. The Morgan fingerprint density at radius 1 is 1.03 bits per heavy atom. The summed E-state index contributed by atoms with van der Waals surface area (Å²) >= 11 is 6.16. The molecule has 2 aromatic carbocycles. The smallest absolute Gasteiger partial charge is 0.384 e. The quantitative estimate of drug-likeness (QED) is 0.565. The molecule has 3 aromatic rings. The molecular formula is C24H24ClF3N4O. The summed E-state index contributed by atoms with van der Waals surface area (Å²) in [6.07, 6.45) is -2.65. The highest BCUT2D eigenvalue weighted by Crippen LogP contribution is 2.35. The van der Waals surface area contributed by atoms with Gasteiger partial charge in [-0.15, -0.1) is 0 Å². The average Bonchev–Trinajstić information content (AvgIpc) is 2.79. The van der Waals surface area contributed by atoms with Crippen LogP contribution in [0.15, 0.2) is 41.2 Å². The standard InChI is InChI=1S/C24H24ClF3N4O/c25-19-13-16(24(26,27)28)4-6-21(19)32-10-8-31(9-11-32)14-15-3-5-17-20(12-15)30-23(33)18-2-1-7-29-22(17)18/h3-6,12-13,29H,1-2,7-11,14H2,(H,30,33). The van der Waals surface area contributed by atoms with Crippen molar-refractivity contribution in [3.05, 3.63) is 68.5 Å². The largest absolute Gasteiger partial charge is 0.416 e. The summed E-state index contributed by atoms with van der Waals surface area (Å²) in [6, 6.07) is 9.72. The zero-order valence-electron chi connectivity index (χ0n) is 17.9. The molecule has 0 aliphatic carbocycles. The predicted molar refractivity (Wildman–Crippen MR) is 125 cm³/mol. The maximum Gasteiger partial charge on any atom is 0.416 e. The fraction of sp³-hybridized carbons (Fsp3) is 0.375. The predicted octanol–water partition coefficient (Wildman–Crippen LogP) is 4.88. The van der Waals surface area contributed by atoms with Crippen LogP contribution >= 0.6 is 11.6 Å². The minimum atomic E-state index is -4.40. The van der Waals surface area contributed by atoms with Crippen LogP contribution in [0.3, 0.4) is 0 Å². The van der Waals surface area contributed by atoms with Gasteiger partial charge in [0, 0.05) is 50.2 Å². The van der Waals surface area contributed by atoms with Gasteiger partial charge in [0.1, 0.15) is 0 Å². The van der Waals surface area contributed by atoms with Gasteiger partial charge < -0.3 is 15.2 Å². The van der Waals surface area contributed by atoms with Crippen molar-refractivity contribution in [3.8, 4) is 0 Å².